The van der Waals surface area contributed by atoms with Crippen molar-refractivity contribution in [2.75, 3.05) is 39.3 Å². The maximum absolute atomic E-state index is 6.04. The first-order valence-corrected chi connectivity index (χ1v) is 7.82. The second kappa shape index (κ2) is 5.40. The molecule has 2 aliphatic rings. The van der Waals surface area contributed by atoms with Crippen LogP contribution in [-0.2, 0) is 11.3 Å². The summed E-state index contributed by atoms with van der Waals surface area (Å²) in [5.41, 5.74) is 2.37. The van der Waals surface area contributed by atoms with Crippen molar-refractivity contribution in [1.82, 2.24) is 19.8 Å². The van der Waals surface area contributed by atoms with Gasteiger partial charge in [0.15, 0.2) is 0 Å². The van der Waals surface area contributed by atoms with E-state index in [4.69, 9.17) is 4.74 Å². The highest BCUT2D eigenvalue weighted by atomic mass is 16.5. The molecule has 0 bridgehead atoms. The quantitative estimate of drug-likeness (QED) is 0.917. The van der Waals surface area contributed by atoms with E-state index in [1.165, 1.54) is 5.52 Å². The van der Waals surface area contributed by atoms with Crippen molar-refractivity contribution in [3.05, 3.63) is 30.6 Å². The van der Waals surface area contributed by atoms with Gasteiger partial charge in [-0.25, -0.2) is 4.98 Å². The molecule has 1 unspecified atom stereocenters. The van der Waals surface area contributed by atoms with Crippen molar-refractivity contribution in [3.63, 3.8) is 0 Å². The van der Waals surface area contributed by atoms with Crippen LogP contribution in [0.4, 0.5) is 0 Å². The van der Waals surface area contributed by atoms with E-state index in [2.05, 4.69) is 38.0 Å². The molecule has 1 N–H and O–H groups in total. The molecule has 21 heavy (non-hydrogen) atoms. The molecule has 112 valence electrons. The number of para-hydroxylation sites is 2. The zero-order chi connectivity index (χ0) is 14.1. The number of nitrogens with zero attached hydrogens (tertiary/aromatic N) is 3. The SMILES string of the molecule is c1ccc2c(c1)ncn2CCN1CCC2(CNCCO2)C1. The average molecular weight is 286 g/mol. The lowest BCUT2D eigenvalue weighted by Crippen LogP contribution is -2.51. The Morgan fingerprint density at radius 1 is 1.29 bits per heavy atom. The monoisotopic (exact) mass is 286 g/mol. The highest BCUT2D eigenvalue weighted by Gasteiger charge is 2.40. The number of benzene rings is 1. The first-order chi connectivity index (χ1) is 10.3. The molecule has 1 spiro atoms. The summed E-state index contributed by atoms with van der Waals surface area (Å²) < 4.78 is 8.29. The van der Waals surface area contributed by atoms with Gasteiger partial charge in [-0.3, -0.25) is 4.90 Å². The molecule has 4 rings (SSSR count). The summed E-state index contributed by atoms with van der Waals surface area (Å²) in [5.74, 6) is 0. The van der Waals surface area contributed by atoms with Crippen LogP contribution in [0.2, 0.25) is 0 Å². The zero-order valence-corrected chi connectivity index (χ0v) is 12.3. The van der Waals surface area contributed by atoms with E-state index in [1.807, 2.05) is 12.4 Å². The molecular weight excluding hydrogens is 264 g/mol. The predicted octanol–water partition coefficient (Wildman–Crippen LogP) is 1.10. The van der Waals surface area contributed by atoms with Crippen LogP contribution in [0.1, 0.15) is 6.42 Å². The van der Waals surface area contributed by atoms with Gasteiger partial charge in [0.1, 0.15) is 0 Å². The van der Waals surface area contributed by atoms with Crippen LogP contribution < -0.4 is 5.32 Å². The molecule has 2 aromatic rings. The molecule has 2 aliphatic heterocycles. The lowest BCUT2D eigenvalue weighted by Gasteiger charge is -2.34. The van der Waals surface area contributed by atoms with E-state index < -0.39 is 0 Å². The first kappa shape index (κ1) is 13.2. The number of nitrogens with one attached hydrogen (secondary N) is 1. The van der Waals surface area contributed by atoms with E-state index >= 15 is 0 Å². The lowest BCUT2D eigenvalue weighted by atomic mass is 10.0. The fourth-order valence-corrected chi connectivity index (χ4v) is 3.53. The van der Waals surface area contributed by atoms with E-state index in [9.17, 15) is 0 Å². The summed E-state index contributed by atoms with van der Waals surface area (Å²) in [6, 6.07) is 8.32. The van der Waals surface area contributed by atoms with Crippen LogP contribution >= 0.6 is 0 Å². The Morgan fingerprint density at radius 2 is 2.24 bits per heavy atom. The largest absolute Gasteiger partial charge is 0.371 e. The van der Waals surface area contributed by atoms with E-state index in [-0.39, 0.29) is 5.60 Å². The summed E-state index contributed by atoms with van der Waals surface area (Å²) in [4.78, 5) is 6.97. The molecule has 5 nitrogen and oxygen atoms in total. The molecule has 0 amide bonds. The molecule has 1 atom stereocenters. The highest BCUT2D eigenvalue weighted by Crippen LogP contribution is 2.26. The van der Waals surface area contributed by atoms with Gasteiger partial charge in [0.05, 0.1) is 29.6 Å². The van der Waals surface area contributed by atoms with Gasteiger partial charge in [0.25, 0.3) is 0 Å². The molecule has 3 heterocycles. The van der Waals surface area contributed by atoms with Crippen LogP contribution in [0.25, 0.3) is 11.0 Å². The van der Waals surface area contributed by atoms with Gasteiger partial charge >= 0.3 is 0 Å². The van der Waals surface area contributed by atoms with Crippen molar-refractivity contribution in [2.24, 2.45) is 0 Å². The maximum atomic E-state index is 6.04. The number of morpholine rings is 1. The molecule has 2 fully saturated rings. The summed E-state index contributed by atoms with van der Waals surface area (Å²) in [5, 5.41) is 3.47. The third-order valence-electron chi connectivity index (χ3n) is 4.71. The van der Waals surface area contributed by atoms with Gasteiger partial charge in [0, 0.05) is 39.3 Å². The molecule has 5 heteroatoms. The van der Waals surface area contributed by atoms with Crippen molar-refractivity contribution in [2.45, 2.75) is 18.6 Å². The second-order valence-corrected chi connectivity index (χ2v) is 6.16. The number of likely N-dealkylation sites (tertiary alicyclic amines) is 1. The molecular formula is C16H22N4O. The number of ether oxygens (including phenoxy) is 1. The number of hydrogen-bond acceptors (Lipinski definition) is 4. The van der Waals surface area contributed by atoms with Crippen molar-refractivity contribution >= 4 is 11.0 Å². The van der Waals surface area contributed by atoms with Crippen LogP contribution in [0.5, 0.6) is 0 Å². The number of rotatable bonds is 3. The number of aromatic nitrogens is 2. The second-order valence-electron chi connectivity index (χ2n) is 6.16. The minimum Gasteiger partial charge on any atom is -0.371 e. The lowest BCUT2D eigenvalue weighted by molar-refractivity contribution is -0.0572. The summed E-state index contributed by atoms with van der Waals surface area (Å²) >= 11 is 0. The highest BCUT2D eigenvalue weighted by molar-refractivity contribution is 5.74. The Morgan fingerprint density at radius 3 is 3.14 bits per heavy atom. The van der Waals surface area contributed by atoms with Gasteiger partial charge in [-0.2, -0.15) is 0 Å². The molecule has 1 aromatic heterocycles. The molecule has 1 aromatic carbocycles. The fourth-order valence-electron chi connectivity index (χ4n) is 3.53. The van der Waals surface area contributed by atoms with Gasteiger partial charge in [-0.15, -0.1) is 0 Å². The molecule has 2 saturated heterocycles. The average Bonchev–Trinajstić information content (AvgIpc) is 3.11. The van der Waals surface area contributed by atoms with Gasteiger partial charge < -0.3 is 14.6 Å². The van der Waals surface area contributed by atoms with Gasteiger partial charge in [0.2, 0.25) is 0 Å². The number of fused-ring (bicyclic) bond motifs is 1. The molecule has 0 radical (unpaired) electrons. The van der Waals surface area contributed by atoms with E-state index in [0.29, 0.717) is 0 Å². The molecule has 0 aliphatic carbocycles. The van der Waals surface area contributed by atoms with Crippen molar-refractivity contribution in [1.29, 1.82) is 0 Å². The van der Waals surface area contributed by atoms with E-state index in [1.54, 1.807) is 0 Å². The van der Waals surface area contributed by atoms with Gasteiger partial charge in [-0.05, 0) is 18.6 Å². The Bertz CT molecular complexity index is 618. The van der Waals surface area contributed by atoms with Crippen LogP contribution in [0, 0.1) is 0 Å². The summed E-state index contributed by atoms with van der Waals surface area (Å²) in [6.45, 7) is 7.07. The topological polar surface area (TPSA) is 42.3 Å². The fraction of sp³-hybridized carbons (Fsp3) is 0.562. The van der Waals surface area contributed by atoms with Crippen LogP contribution in [0.3, 0.4) is 0 Å². The van der Waals surface area contributed by atoms with Crippen LogP contribution in [-0.4, -0.2) is 59.4 Å². The minimum atomic E-state index is 0.0647. The Labute approximate surface area is 124 Å². The third kappa shape index (κ3) is 2.57. The number of imidazole rings is 1. The smallest absolute Gasteiger partial charge is 0.0958 e. The van der Waals surface area contributed by atoms with Crippen LogP contribution in [0.15, 0.2) is 30.6 Å². The Balaban J connectivity index is 1.39. The Hall–Kier alpha value is -1.43. The van der Waals surface area contributed by atoms with Crippen molar-refractivity contribution in [3.8, 4) is 0 Å². The number of hydrogen-bond donors (Lipinski definition) is 1. The normalized spacial score (nSPS) is 26.9. The summed E-state index contributed by atoms with van der Waals surface area (Å²) in [7, 11) is 0. The first-order valence-electron chi connectivity index (χ1n) is 7.82. The standard InChI is InChI=1S/C16H22N4O/c1-2-4-15-14(3-1)18-13-20(15)9-8-19-7-5-16(12-19)11-17-6-10-21-16/h1-4,13,17H,5-12H2. The van der Waals surface area contributed by atoms with E-state index in [0.717, 1.165) is 57.8 Å². The zero-order valence-electron chi connectivity index (χ0n) is 12.3. The Kier molecular flexibility index (Phi) is 3.41. The van der Waals surface area contributed by atoms with Crippen molar-refractivity contribution < 1.29 is 4.74 Å². The maximum Gasteiger partial charge on any atom is 0.0958 e. The third-order valence-corrected chi connectivity index (χ3v) is 4.71. The predicted molar refractivity (Wildman–Crippen MR) is 82.3 cm³/mol. The minimum absolute atomic E-state index is 0.0647. The summed E-state index contributed by atoms with van der Waals surface area (Å²) in [6.07, 6.45) is 3.10. The molecule has 0 saturated carbocycles. The van der Waals surface area contributed by atoms with Gasteiger partial charge in [-0.1, -0.05) is 12.1 Å².